The van der Waals surface area contributed by atoms with Gasteiger partial charge in [-0.1, -0.05) is 6.07 Å². The summed E-state index contributed by atoms with van der Waals surface area (Å²) < 4.78 is 32.3. The molecule has 1 N–H and O–H groups in total. The predicted octanol–water partition coefficient (Wildman–Crippen LogP) is 2.15. The SMILES string of the molecule is COc1ccc(CC(=O)O)cc1S(=O)(=O)N(C)Cc1cc(C)cc(C)n1. The summed E-state index contributed by atoms with van der Waals surface area (Å²) in [5, 5.41) is 8.94. The summed E-state index contributed by atoms with van der Waals surface area (Å²) in [6, 6.07) is 8.09. The van der Waals surface area contributed by atoms with Gasteiger partial charge in [-0.15, -0.1) is 0 Å². The van der Waals surface area contributed by atoms with Gasteiger partial charge in [0.2, 0.25) is 10.0 Å². The lowest BCUT2D eigenvalue weighted by molar-refractivity contribution is -0.136. The molecule has 26 heavy (non-hydrogen) atoms. The fourth-order valence-electron chi connectivity index (χ4n) is 2.69. The van der Waals surface area contributed by atoms with Gasteiger partial charge in [0.25, 0.3) is 0 Å². The van der Waals surface area contributed by atoms with E-state index in [1.54, 1.807) is 0 Å². The number of carboxylic acid groups (broad SMARTS) is 1. The van der Waals surface area contributed by atoms with Crippen molar-refractivity contribution in [3.05, 3.63) is 52.8 Å². The van der Waals surface area contributed by atoms with Crippen LogP contribution in [0, 0.1) is 13.8 Å². The Morgan fingerprint density at radius 2 is 1.92 bits per heavy atom. The van der Waals surface area contributed by atoms with E-state index in [0.29, 0.717) is 11.3 Å². The lowest BCUT2D eigenvalue weighted by atomic mass is 10.1. The molecule has 1 heterocycles. The number of hydrogen-bond acceptors (Lipinski definition) is 5. The zero-order valence-electron chi connectivity index (χ0n) is 15.2. The first kappa shape index (κ1) is 19.9. The first-order valence-corrected chi connectivity index (χ1v) is 9.36. The Bertz CT molecular complexity index is 905. The van der Waals surface area contributed by atoms with E-state index in [0.717, 1.165) is 11.3 Å². The molecule has 0 unspecified atom stereocenters. The van der Waals surface area contributed by atoms with Crippen LogP contribution in [0.1, 0.15) is 22.5 Å². The highest BCUT2D eigenvalue weighted by molar-refractivity contribution is 7.89. The van der Waals surface area contributed by atoms with Crippen molar-refractivity contribution in [1.82, 2.24) is 9.29 Å². The van der Waals surface area contributed by atoms with Gasteiger partial charge in [-0.05, 0) is 49.2 Å². The lowest BCUT2D eigenvalue weighted by Crippen LogP contribution is -2.27. The number of sulfonamides is 1. The average Bonchev–Trinajstić information content (AvgIpc) is 2.53. The lowest BCUT2D eigenvalue weighted by Gasteiger charge is -2.19. The Kier molecular flexibility index (Phi) is 5.99. The third-order valence-corrected chi connectivity index (χ3v) is 5.63. The number of nitrogens with zero attached hydrogens (tertiary/aromatic N) is 2. The van der Waals surface area contributed by atoms with Crippen LogP contribution in [0.4, 0.5) is 0 Å². The van der Waals surface area contributed by atoms with Gasteiger partial charge < -0.3 is 9.84 Å². The van der Waals surface area contributed by atoms with Gasteiger partial charge in [0.1, 0.15) is 10.6 Å². The number of aliphatic carboxylic acids is 1. The fourth-order valence-corrected chi connectivity index (χ4v) is 4.04. The topological polar surface area (TPSA) is 96.8 Å². The van der Waals surface area contributed by atoms with Crippen LogP contribution in [0.2, 0.25) is 0 Å². The van der Waals surface area contributed by atoms with Gasteiger partial charge in [-0.2, -0.15) is 4.31 Å². The van der Waals surface area contributed by atoms with Crippen LogP contribution < -0.4 is 4.74 Å². The molecule has 0 atom stereocenters. The van der Waals surface area contributed by atoms with Crippen molar-refractivity contribution < 1.29 is 23.1 Å². The second kappa shape index (κ2) is 7.84. The van der Waals surface area contributed by atoms with E-state index in [-0.39, 0.29) is 23.6 Å². The van der Waals surface area contributed by atoms with Crippen LogP contribution in [0.25, 0.3) is 0 Å². The fraction of sp³-hybridized carbons (Fsp3) is 0.333. The molecule has 0 aliphatic heterocycles. The summed E-state index contributed by atoms with van der Waals surface area (Å²) in [5.41, 5.74) is 2.83. The third kappa shape index (κ3) is 4.59. The van der Waals surface area contributed by atoms with Gasteiger partial charge in [-0.25, -0.2) is 8.42 Å². The molecule has 7 nitrogen and oxygen atoms in total. The Hall–Kier alpha value is -2.45. The highest BCUT2D eigenvalue weighted by atomic mass is 32.2. The van der Waals surface area contributed by atoms with Crippen molar-refractivity contribution in [2.45, 2.75) is 31.7 Å². The number of pyridine rings is 1. The summed E-state index contributed by atoms with van der Waals surface area (Å²) in [7, 11) is -1.06. The number of methoxy groups -OCH3 is 1. The standard InChI is InChI=1S/C18H22N2O5S/c1-12-7-13(2)19-15(8-12)11-20(3)26(23,24)17-9-14(10-18(21)22)5-6-16(17)25-4/h5-9H,10-11H2,1-4H3,(H,21,22). The normalized spacial score (nSPS) is 11.6. The minimum Gasteiger partial charge on any atom is -0.495 e. The summed E-state index contributed by atoms with van der Waals surface area (Å²) >= 11 is 0. The van der Waals surface area contributed by atoms with E-state index in [1.807, 2.05) is 26.0 Å². The van der Waals surface area contributed by atoms with Gasteiger partial charge >= 0.3 is 5.97 Å². The minimum atomic E-state index is -3.89. The number of ether oxygens (including phenoxy) is 1. The highest BCUT2D eigenvalue weighted by Crippen LogP contribution is 2.28. The second-order valence-electron chi connectivity index (χ2n) is 6.09. The van der Waals surface area contributed by atoms with Crippen LogP contribution in [-0.2, 0) is 27.8 Å². The Labute approximate surface area is 153 Å². The average molecular weight is 378 g/mol. The molecule has 2 rings (SSSR count). The molecule has 0 saturated carbocycles. The molecule has 1 aromatic carbocycles. The smallest absolute Gasteiger partial charge is 0.307 e. The van der Waals surface area contributed by atoms with Crippen molar-refractivity contribution in [2.24, 2.45) is 0 Å². The highest BCUT2D eigenvalue weighted by Gasteiger charge is 2.26. The monoisotopic (exact) mass is 378 g/mol. The maximum absolute atomic E-state index is 13.0. The van der Waals surface area contributed by atoms with Crippen LogP contribution in [0.5, 0.6) is 5.75 Å². The predicted molar refractivity (Wildman–Crippen MR) is 96.7 cm³/mol. The largest absolute Gasteiger partial charge is 0.495 e. The Morgan fingerprint density at radius 1 is 1.23 bits per heavy atom. The number of aryl methyl sites for hydroxylation is 2. The van der Waals surface area contributed by atoms with Crippen molar-refractivity contribution >= 4 is 16.0 Å². The first-order chi connectivity index (χ1) is 12.1. The maximum atomic E-state index is 13.0. The molecule has 0 fully saturated rings. The van der Waals surface area contributed by atoms with Crippen molar-refractivity contribution in [3.63, 3.8) is 0 Å². The van der Waals surface area contributed by atoms with Crippen molar-refractivity contribution in [1.29, 1.82) is 0 Å². The zero-order chi connectivity index (χ0) is 19.5. The Balaban J connectivity index is 2.39. The third-order valence-electron chi connectivity index (χ3n) is 3.81. The van der Waals surface area contributed by atoms with E-state index >= 15 is 0 Å². The van der Waals surface area contributed by atoms with Gasteiger partial charge in [-0.3, -0.25) is 9.78 Å². The zero-order valence-corrected chi connectivity index (χ0v) is 16.0. The molecule has 8 heteroatoms. The molecule has 0 aliphatic rings. The van der Waals surface area contributed by atoms with Gasteiger partial charge in [0.15, 0.2) is 0 Å². The number of aromatic nitrogens is 1. The van der Waals surface area contributed by atoms with Crippen molar-refractivity contribution in [3.8, 4) is 5.75 Å². The van der Waals surface area contributed by atoms with E-state index in [1.165, 1.54) is 36.7 Å². The molecule has 1 aromatic heterocycles. The molecule has 0 amide bonds. The number of carbonyl (C=O) groups is 1. The number of carboxylic acids is 1. The number of hydrogen-bond donors (Lipinski definition) is 1. The molecular formula is C18H22N2O5S. The summed E-state index contributed by atoms with van der Waals surface area (Å²) in [6.07, 6.45) is -0.269. The summed E-state index contributed by atoms with van der Waals surface area (Å²) in [6.45, 7) is 3.87. The number of benzene rings is 1. The molecular weight excluding hydrogens is 356 g/mol. The molecule has 0 bridgehead atoms. The van der Waals surface area contributed by atoms with E-state index in [4.69, 9.17) is 9.84 Å². The number of rotatable bonds is 7. The van der Waals surface area contributed by atoms with Gasteiger partial charge in [0, 0.05) is 12.7 Å². The molecule has 0 spiro atoms. The first-order valence-electron chi connectivity index (χ1n) is 7.92. The summed E-state index contributed by atoms with van der Waals surface area (Å²) in [4.78, 5) is 15.2. The minimum absolute atomic E-state index is 0.0642. The molecule has 0 aliphatic carbocycles. The molecule has 2 aromatic rings. The maximum Gasteiger partial charge on any atom is 0.307 e. The van der Waals surface area contributed by atoms with E-state index in [9.17, 15) is 13.2 Å². The molecule has 0 saturated heterocycles. The molecule has 0 radical (unpaired) electrons. The van der Waals surface area contributed by atoms with Crippen LogP contribution in [0.3, 0.4) is 0 Å². The quantitative estimate of drug-likeness (QED) is 0.793. The van der Waals surface area contributed by atoms with Gasteiger partial charge in [0.05, 0.1) is 25.8 Å². The van der Waals surface area contributed by atoms with Crippen LogP contribution >= 0.6 is 0 Å². The summed E-state index contributed by atoms with van der Waals surface area (Å²) in [5.74, 6) is -0.870. The van der Waals surface area contributed by atoms with Crippen LogP contribution in [0.15, 0.2) is 35.2 Å². The van der Waals surface area contributed by atoms with Crippen molar-refractivity contribution in [2.75, 3.05) is 14.2 Å². The van der Waals surface area contributed by atoms with Crippen LogP contribution in [-0.4, -0.2) is 42.9 Å². The van der Waals surface area contributed by atoms with E-state index < -0.39 is 16.0 Å². The molecule has 140 valence electrons. The Morgan fingerprint density at radius 3 is 2.50 bits per heavy atom. The second-order valence-corrected chi connectivity index (χ2v) is 8.11. The van der Waals surface area contributed by atoms with E-state index in [2.05, 4.69) is 4.98 Å².